The third-order valence-corrected chi connectivity index (χ3v) is 7.09. The zero-order valence-electron chi connectivity index (χ0n) is 5.51. The molecule has 0 atom stereocenters. The first-order valence-corrected chi connectivity index (χ1v) is 6.90. The quantitative estimate of drug-likeness (QED) is 0.438. The van der Waals surface area contributed by atoms with Crippen molar-refractivity contribution in [2.75, 3.05) is 0 Å². The van der Waals surface area contributed by atoms with E-state index < -0.39 is 0 Å². The summed E-state index contributed by atoms with van der Waals surface area (Å²) >= 11 is 0. The number of hydrogen-bond acceptors (Lipinski definition) is 0. The SMILES string of the molecule is C1=C[SH]([SH]2C=CC=C2)C=C1. The van der Waals surface area contributed by atoms with Gasteiger partial charge in [-0.3, -0.25) is 0 Å². The number of rotatable bonds is 1. The lowest BCUT2D eigenvalue weighted by molar-refractivity contribution is 2.15. The second-order valence-corrected chi connectivity index (χ2v) is 7.61. The van der Waals surface area contributed by atoms with Gasteiger partial charge in [-0.2, -0.15) is 19.9 Å². The van der Waals surface area contributed by atoms with E-state index in [-0.39, 0.29) is 19.9 Å². The second kappa shape index (κ2) is 2.72. The van der Waals surface area contributed by atoms with Crippen LogP contribution in [-0.2, 0) is 0 Å². The predicted octanol–water partition coefficient (Wildman–Crippen LogP) is 2.99. The van der Waals surface area contributed by atoms with Gasteiger partial charge < -0.3 is 0 Å². The second-order valence-electron chi connectivity index (χ2n) is 2.13. The summed E-state index contributed by atoms with van der Waals surface area (Å²) in [5.41, 5.74) is 0. The summed E-state index contributed by atoms with van der Waals surface area (Å²) in [7, 11) is 0.168. The number of thiol groups is 2. The van der Waals surface area contributed by atoms with Gasteiger partial charge in [-0.15, -0.1) is 0 Å². The lowest BCUT2D eigenvalue weighted by Crippen LogP contribution is -1.61. The van der Waals surface area contributed by atoms with E-state index >= 15 is 0 Å². The normalized spacial score (nSPS) is 27.2. The fraction of sp³-hybridized carbons (Fsp3) is 0. The van der Waals surface area contributed by atoms with E-state index in [1.807, 2.05) is 0 Å². The molecule has 0 N–H and O–H groups in total. The van der Waals surface area contributed by atoms with Crippen LogP contribution < -0.4 is 0 Å². The van der Waals surface area contributed by atoms with Crippen LogP contribution in [-0.4, -0.2) is 0 Å². The average molecular weight is 170 g/mol. The van der Waals surface area contributed by atoms with Crippen LogP contribution in [0.5, 0.6) is 0 Å². The summed E-state index contributed by atoms with van der Waals surface area (Å²) in [4.78, 5) is 0. The van der Waals surface area contributed by atoms with Gasteiger partial charge in [-0.25, -0.2) is 0 Å². The van der Waals surface area contributed by atoms with Gasteiger partial charge in [-0.05, 0) is 21.6 Å². The summed E-state index contributed by atoms with van der Waals surface area (Å²) in [6, 6.07) is 0. The summed E-state index contributed by atoms with van der Waals surface area (Å²) < 4.78 is 0. The standard InChI is InChI=1S/C8H10S2/c1-2-6-9(5-1)10-7-3-4-8-10/h1-10H. The molecule has 2 aliphatic rings. The Kier molecular flexibility index (Phi) is 1.74. The van der Waals surface area contributed by atoms with Crippen LogP contribution in [0.1, 0.15) is 0 Å². The van der Waals surface area contributed by atoms with Gasteiger partial charge >= 0.3 is 0 Å². The third kappa shape index (κ3) is 1.09. The molecule has 0 aromatic heterocycles. The lowest BCUT2D eigenvalue weighted by Gasteiger charge is -2.18. The fourth-order valence-electron chi connectivity index (χ4n) is 0.959. The molecule has 2 heterocycles. The molecule has 0 radical (unpaired) electrons. The van der Waals surface area contributed by atoms with Crippen molar-refractivity contribution >= 4 is 19.9 Å². The fourth-order valence-corrected chi connectivity index (χ4v) is 5.65. The molecule has 0 aromatic carbocycles. The highest BCUT2D eigenvalue weighted by molar-refractivity contribution is 8.97. The minimum absolute atomic E-state index is 0.0838. The van der Waals surface area contributed by atoms with Crippen molar-refractivity contribution in [3.63, 3.8) is 0 Å². The Morgan fingerprint density at radius 3 is 1.10 bits per heavy atom. The molecule has 54 valence electrons. The summed E-state index contributed by atoms with van der Waals surface area (Å²) in [6.07, 6.45) is 8.64. The molecule has 2 heteroatoms. The number of allylic oxidation sites excluding steroid dienone is 4. The highest BCUT2D eigenvalue weighted by atomic mass is 33.2. The maximum Gasteiger partial charge on any atom is -0.0378 e. The van der Waals surface area contributed by atoms with Gasteiger partial charge in [-0.1, -0.05) is 24.3 Å². The molecular formula is C8H10S2. The lowest BCUT2D eigenvalue weighted by atomic mass is 10.6. The Morgan fingerprint density at radius 2 is 0.800 bits per heavy atom. The molecule has 0 fully saturated rings. The van der Waals surface area contributed by atoms with Gasteiger partial charge in [0.2, 0.25) is 0 Å². The van der Waals surface area contributed by atoms with Gasteiger partial charge in [0, 0.05) is 0 Å². The van der Waals surface area contributed by atoms with Crippen molar-refractivity contribution in [1.82, 2.24) is 0 Å². The zero-order valence-corrected chi connectivity index (χ0v) is 7.30. The van der Waals surface area contributed by atoms with E-state index in [1.165, 1.54) is 0 Å². The van der Waals surface area contributed by atoms with E-state index in [1.54, 1.807) is 0 Å². The molecule has 0 amide bonds. The highest BCUT2D eigenvalue weighted by Crippen LogP contribution is 2.60. The Morgan fingerprint density at radius 1 is 0.500 bits per heavy atom. The predicted molar refractivity (Wildman–Crippen MR) is 54.5 cm³/mol. The molecule has 0 aliphatic carbocycles. The van der Waals surface area contributed by atoms with Gasteiger partial charge in [0.1, 0.15) is 0 Å². The zero-order chi connectivity index (χ0) is 6.81. The Labute approximate surface area is 66.1 Å². The van der Waals surface area contributed by atoms with Crippen LogP contribution in [0.15, 0.2) is 45.9 Å². The molecule has 0 spiro atoms. The summed E-state index contributed by atoms with van der Waals surface area (Å²) in [5.74, 6) is 0. The largest absolute Gasteiger partial charge is 0.176 e. The van der Waals surface area contributed by atoms with E-state index in [2.05, 4.69) is 45.9 Å². The Bertz CT molecular complexity index is 186. The van der Waals surface area contributed by atoms with Crippen LogP contribution in [0.2, 0.25) is 0 Å². The van der Waals surface area contributed by atoms with E-state index in [4.69, 9.17) is 0 Å². The van der Waals surface area contributed by atoms with Gasteiger partial charge in [0.15, 0.2) is 0 Å². The van der Waals surface area contributed by atoms with Crippen LogP contribution >= 0.6 is 19.9 Å². The highest BCUT2D eigenvalue weighted by Gasteiger charge is 2.05. The minimum atomic E-state index is 0.0838. The van der Waals surface area contributed by atoms with Crippen molar-refractivity contribution < 1.29 is 0 Å². The smallest absolute Gasteiger partial charge is 0.0378 e. The topological polar surface area (TPSA) is 0 Å². The van der Waals surface area contributed by atoms with Crippen LogP contribution in [0.25, 0.3) is 0 Å². The van der Waals surface area contributed by atoms with Gasteiger partial charge in [0.05, 0.1) is 0 Å². The molecule has 0 bridgehead atoms. The molecule has 0 unspecified atom stereocenters. The summed E-state index contributed by atoms with van der Waals surface area (Å²) in [5, 5.41) is 9.34. The first kappa shape index (κ1) is 6.38. The van der Waals surface area contributed by atoms with Crippen LogP contribution in [0.4, 0.5) is 0 Å². The molecule has 0 saturated heterocycles. The average Bonchev–Trinajstić information content (AvgIpc) is 2.59. The van der Waals surface area contributed by atoms with E-state index in [0.717, 1.165) is 0 Å². The van der Waals surface area contributed by atoms with E-state index in [0.29, 0.717) is 0 Å². The third-order valence-electron chi connectivity index (χ3n) is 1.44. The van der Waals surface area contributed by atoms with Gasteiger partial charge in [0.25, 0.3) is 0 Å². The van der Waals surface area contributed by atoms with E-state index in [9.17, 15) is 0 Å². The molecule has 0 saturated carbocycles. The van der Waals surface area contributed by atoms with Crippen molar-refractivity contribution in [1.29, 1.82) is 0 Å². The first-order valence-electron chi connectivity index (χ1n) is 3.23. The van der Waals surface area contributed by atoms with Crippen molar-refractivity contribution in [3.05, 3.63) is 45.9 Å². The molecular weight excluding hydrogens is 160 g/mol. The molecule has 2 rings (SSSR count). The minimum Gasteiger partial charge on any atom is -0.176 e. The van der Waals surface area contributed by atoms with Crippen molar-refractivity contribution in [3.8, 4) is 0 Å². The molecule has 0 nitrogen and oxygen atoms in total. The number of hydrogen-bond donors (Lipinski definition) is 2. The van der Waals surface area contributed by atoms with Crippen LogP contribution in [0.3, 0.4) is 0 Å². The van der Waals surface area contributed by atoms with Crippen molar-refractivity contribution in [2.45, 2.75) is 0 Å². The Hall–Kier alpha value is -0.340. The monoisotopic (exact) mass is 170 g/mol. The summed E-state index contributed by atoms with van der Waals surface area (Å²) in [6.45, 7) is 0. The maximum atomic E-state index is 2.33. The van der Waals surface area contributed by atoms with Crippen LogP contribution in [0, 0.1) is 0 Å². The first-order chi connectivity index (χ1) is 4.97. The molecule has 2 aliphatic heterocycles. The Balaban J connectivity index is 2.12. The maximum absolute atomic E-state index is 2.33. The molecule has 10 heavy (non-hydrogen) atoms. The van der Waals surface area contributed by atoms with Crippen molar-refractivity contribution in [2.24, 2.45) is 0 Å². The molecule has 0 aromatic rings.